The number of hydrogen-bond donors (Lipinski definition) is 1. The lowest BCUT2D eigenvalue weighted by atomic mass is 10.1. The zero-order chi connectivity index (χ0) is 17.6. The lowest BCUT2D eigenvalue weighted by Gasteiger charge is -2.06. The van der Waals surface area contributed by atoms with Crippen molar-refractivity contribution in [1.82, 2.24) is 5.32 Å². The molecule has 3 aromatic rings. The molecule has 1 amide bonds. The number of nitrogens with one attached hydrogen (secondary N) is 1. The molecule has 5 nitrogen and oxygen atoms in total. The van der Waals surface area contributed by atoms with E-state index in [1.807, 2.05) is 55.5 Å². The molecule has 1 heterocycles. The summed E-state index contributed by atoms with van der Waals surface area (Å²) >= 11 is 0. The van der Waals surface area contributed by atoms with E-state index in [0.29, 0.717) is 0 Å². The van der Waals surface area contributed by atoms with Crippen molar-refractivity contribution in [2.75, 3.05) is 6.54 Å². The third-order valence-electron chi connectivity index (χ3n) is 3.83. The number of hydrogen-bond acceptors (Lipinski definition) is 4. The fourth-order valence-electron chi connectivity index (χ4n) is 2.52. The molecule has 0 bridgehead atoms. The van der Waals surface area contributed by atoms with E-state index in [1.54, 1.807) is 6.26 Å². The van der Waals surface area contributed by atoms with E-state index in [9.17, 15) is 9.59 Å². The van der Waals surface area contributed by atoms with Crippen LogP contribution < -0.4 is 5.32 Å². The van der Waals surface area contributed by atoms with Crippen molar-refractivity contribution in [2.24, 2.45) is 0 Å². The number of carbonyl (C=O) groups is 2. The molecule has 0 saturated carbocycles. The highest BCUT2D eigenvalue weighted by molar-refractivity contribution is 5.89. The van der Waals surface area contributed by atoms with Gasteiger partial charge in [-0.3, -0.25) is 9.59 Å². The van der Waals surface area contributed by atoms with Gasteiger partial charge < -0.3 is 14.5 Å². The number of carbonyl (C=O) groups excluding carboxylic acids is 2. The molecule has 3 rings (SSSR count). The van der Waals surface area contributed by atoms with Crippen LogP contribution in [0.5, 0.6) is 0 Å². The van der Waals surface area contributed by atoms with Crippen molar-refractivity contribution in [1.29, 1.82) is 0 Å². The molecule has 1 N–H and O–H groups in total. The third kappa shape index (κ3) is 4.47. The highest BCUT2D eigenvalue weighted by atomic mass is 16.5. The Labute approximate surface area is 145 Å². The highest BCUT2D eigenvalue weighted by Gasteiger charge is 2.12. The molecule has 0 spiro atoms. The monoisotopic (exact) mass is 337 g/mol. The second kappa shape index (κ2) is 7.66. The van der Waals surface area contributed by atoms with Gasteiger partial charge in [-0.15, -0.1) is 0 Å². The van der Waals surface area contributed by atoms with Gasteiger partial charge in [0.25, 0.3) is 0 Å². The molecule has 128 valence electrons. The van der Waals surface area contributed by atoms with E-state index in [0.717, 1.165) is 27.7 Å². The molecule has 0 saturated heterocycles. The van der Waals surface area contributed by atoms with E-state index < -0.39 is 5.97 Å². The molecular formula is C20H19NO4. The van der Waals surface area contributed by atoms with Crippen LogP contribution in [0.3, 0.4) is 0 Å². The molecule has 2 aromatic carbocycles. The van der Waals surface area contributed by atoms with Gasteiger partial charge in [0.2, 0.25) is 5.91 Å². The van der Waals surface area contributed by atoms with Crippen molar-refractivity contribution < 1.29 is 18.7 Å². The Bertz CT molecular complexity index is 883. The summed E-state index contributed by atoms with van der Waals surface area (Å²) in [5, 5.41) is 3.49. The zero-order valence-electron chi connectivity index (χ0n) is 14.0. The fraction of sp³-hybridized carbons (Fsp3) is 0.200. The molecule has 25 heavy (non-hydrogen) atoms. The van der Waals surface area contributed by atoms with Crippen LogP contribution in [-0.2, 0) is 27.4 Å². The minimum absolute atomic E-state index is 0.152. The zero-order valence-corrected chi connectivity index (χ0v) is 14.0. The molecule has 5 heteroatoms. The first kappa shape index (κ1) is 16.8. The summed E-state index contributed by atoms with van der Waals surface area (Å²) in [6, 6.07) is 15.2. The van der Waals surface area contributed by atoms with E-state index in [2.05, 4.69) is 5.32 Å². The van der Waals surface area contributed by atoms with Crippen LogP contribution in [0.2, 0.25) is 0 Å². The third-order valence-corrected chi connectivity index (χ3v) is 3.83. The van der Waals surface area contributed by atoms with Crippen LogP contribution in [-0.4, -0.2) is 18.4 Å². The molecule has 0 aliphatic heterocycles. The predicted molar refractivity (Wildman–Crippen MR) is 93.9 cm³/mol. The average Bonchev–Trinajstić information content (AvgIpc) is 3.01. The largest absolute Gasteiger partial charge is 0.464 e. The molecule has 0 fully saturated rings. The Morgan fingerprint density at radius 1 is 1.12 bits per heavy atom. The van der Waals surface area contributed by atoms with Crippen molar-refractivity contribution >= 4 is 22.8 Å². The minimum atomic E-state index is -0.468. The summed E-state index contributed by atoms with van der Waals surface area (Å²) in [4.78, 5) is 23.8. The van der Waals surface area contributed by atoms with Gasteiger partial charge in [-0.1, -0.05) is 42.5 Å². The SMILES string of the molecule is Cc1ccc2c(CC(=O)NCC(=O)OCc3ccccc3)coc2c1. The van der Waals surface area contributed by atoms with Gasteiger partial charge >= 0.3 is 5.97 Å². The van der Waals surface area contributed by atoms with Gasteiger partial charge in [0, 0.05) is 10.9 Å². The van der Waals surface area contributed by atoms with Crippen LogP contribution in [0.1, 0.15) is 16.7 Å². The molecular weight excluding hydrogens is 318 g/mol. The van der Waals surface area contributed by atoms with Crippen LogP contribution in [0.25, 0.3) is 11.0 Å². The molecule has 0 aliphatic carbocycles. The standard InChI is InChI=1S/C20H19NO4/c1-14-7-8-17-16(13-24-18(17)9-14)10-19(22)21-11-20(23)25-12-15-5-3-2-4-6-15/h2-9,13H,10-12H2,1H3,(H,21,22). The van der Waals surface area contributed by atoms with Gasteiger partial charge in [0.15, 0.2) is 0 Å². The molecule has 1 aromatic heterocycles. The Kier molecular flexibility index (Phi) is 5.14. The number of fused-ring (bicyclic) bond motifs is 1. The minimum Gasteiger partial charge on any atom is -0.464 e. The van der Waals surface area contributed by atoms with Crippen molar-refractivity contribution in [3.63, 3.8) is 0 Å². The normalized spacial score (nSPS) is 10.6. The first-order chi connectivity index (χ1) is 12.1. The lowest BCUT2D eigenvalue weighted by molar-refractivity contribution is -0.145. The summed E-state index contributed by atoms with van der Waals surface area (Å²) in [6.07, 6.45) is 1.74. The van der Waals surface area contributed by atoms with Crippen molar-refractivity contribution in [3.05, 3.63) is 71.5 Å². The number of amides is 1. The predicted octanol–water partition coefficient (Wildman–Crippen LogP) is 3.14. The first-order valence-corrected chi connectivity index (χ1v) is 8.05. The summed E-state index contributed by atoms with van der Waals surface area (Å²) in [7, 11) is 0. The number of benzene rings is 2. The van der Waals surface area contributed by atoms with Gasteiger partial charge in [0.05, 0.1) is 12.7 Å². The number of ether oxygens (including phenoxy) is 1. The molecule has 0 aliphatic rings. The second-order valence-electron chi connectivity index (χ2n) is 5.86. The van der Waals surface area contributed by atoms with Crippen LogP contribution in [0, 0.1) is 6.92 Å². The average molecular weight is 337 g/mol. The van der Waals surface area contributed by atoms with Crippen molar-refractivity contribution in [3.8, 4) is 0 Å². The maximum Gasteiger partial charge on any atom is 0.325 e. The van der Waals surface area contributed by atoms with E-state index >= 15 is 0 Å². The Hall–Kier alpha value is -3.08. The summed E-state index contributed by atoms with van der Waals surface area (Å²) in [5.41, 5.74) is 3.55. The maximum absolute atomic E-state index is 12.0. The van der Waals surface area contributed by atoms with Gasteiger partial charge in [-0.2, -0.15) is 0 Å². The Balaban J connectivity index is 1.48. The topological polar surface area (TPSA) is 68.5 Å². The second-order valence-corrected chi connectivity index (χ2v) is 5.86. The summed E-state index contributed by atoms with van der Waals surface area (Å²) in [6.45, 7) is 2.03. The van der Waals surface area contributed by atoms with Gasteiger partial charge in [0.1, 0.15) is 18.7 Å². The van der Waals surface area contributed by atoms with Crippen molar-refractivity contribution in [2.45, 2.75) is 20.0 Å². The fourth-order valence-corrected chi connectivity index (χ4v) is 2.52. The maximum atomic E-state index is 12.0. The number of aryl methyl sites for hydroxylation is 1. The Morgan fingerprint density at radius 2 is 1.92 bits per heavy atom. The Morgan fingerprint density at radius 3 is 2.72 bits per heavy atom. The van der Waals surface area contributed by atoms with E-state index in [-0.39, 0.29) is 25.5 Å². The quantitative estimate of drug-likeness (QED) is 0.702. The molecule has 0 radical (unpaired) electrons. The van der Waals surface area contributed by atoms with Crippen LogP contribution in [0.15, 0.2) is 59.2 Å². The first-order valence-electron chi connectivity index (χ1n) is 8.05. The van der Waals surface area contributed by atoms with E-state index in [4.69, 9.17) is 9.15 Å². The number of esters is 1. The smallest absolute Gasteiger partial charge is 0.325 e. The lowest BCUT2D eigenvalue weighted by Crippen LogP contribution is -2.31. The molecule has 0 atom stereocenters. The van der Waals surface area contributed by atoms with Gasteiger partial charge in [-0.25, -0.2) is 0 Å². The highest BCUT2D eigenvalue weighted by Crippen LogP contribution is 2.22. The summed E-state index contributed by atoms with van der Waals surface area (Å²) in [5.74, 6) is -0.718. The van der Waals surface area contributed by atoms with Crippen LogP contribution >= 0.6 is 0 Å². The van der Waals surface area contributed by atoms with E-state index in [1.165, 1.54) is 0 Å². The number of rotatable bonds is 6. The van der Waals surface area contributed by atoms with Crippen LogP contribution in [0.4, 0.5) is 0 Å². The van der Waals surface area contributed by atoms with Gasteiger partial charge in [-0.05, 0) is 24.1 Å². The molecule has 0 unspecified atom stereocenters. The summed E-state index contributed by atoms with van der Waals surface area (Å²) < 4.78 is 10.6. The number of furan rings is 1.